The fourth-order valence-corrected chi connectivity index (χ4v) is 2.81. The topological polar surface area (TPSA) is 23.8 Å². The number of nitrogens with zero attached hydrogens (tertiary/aromatic N) is 1. The molecule has 0 bridgehead atoms. The molecule has 84 valence electrons. The molecule has 0 heterocycles. The summed E-state index contributed by atoms with van der Waals surface area (Å²) in [5, 5.41) is 9.31. The summed E-state index contributed by atoms with van der Waals surface area (Å²) < 4.78 is 0. The Morgan fingerprint density at radius 3 is 2.62 bits per heavy atom. The van der Waals surface area contributed by atoms with Gasteiger partial charge in [-0.1, -0.05) is 49.9 Å². The van der Waals surface area contributed by atoms with E-state index in [1.165, 1.54) is 36.8 Å². The lowest BCUT2D eigenvalue weighted by atomic mass is 9.87. The molecule has 1 atom stereocenters. The molecular formula is C15H19N. The first kappa shape index (κ1) is 11.2. The minimum atomic E-state index is 0.101. The molecule has 0 amide bonds. The minimum Gasteiger partial charge on any atom is -0.198 e. The Morgan fingerprint density at radius 2 is 2.00 bits per heavy atom. The van der Waals surface area contributed by atoms with Gasteiger partial charge in [0, 0.05) is 0 Å². The van der Waals surface area contributed by atoms with Gasteiger partial charge in [0.25, 0.3) is 0 Å². The SMILES string of the molecule is Cc1ccccc1[C@H](C#N)CC1CCCC1. The first-order chi connectivity index (χ1) is 7.81. The highest BCUT2D eigenvalue weighted by Gasteiger charge is 2.21. The van der Waals surface area contributed by atoms with E-state index in [2.05, 4.69) is 25.1 Å². The molecule has 0 aromatic heterocycles. The van der Waals surface area contributed by atoms with Crippen LogP contribution < -0.4 is 0 Å². The van der Waals surface area contributed by atoms with Crippen LogP contribution in [-0.4, -0.2) is 0 Å². The third kappa shape index (κ3) is 2.44. The van der Waals surface area contributed by atoms with Gasteiger partial charge >= 0.3 is 0 Å². The summed E-state index contributed by atoms with van der Waals surface area (Å²) in [5.74, 6) is 0.883. The maximum Gasteiger partial charge on any atom is 0.0717 e. The van der Waals surface area contributed by atoms with Crippen LogP contribution in [0.2, 0.25) is 0 Å². The highest BCUT2D eigenvalue weighted by atomic mass is 14.3. The van der Waals surface area contributed by atoms with Crippen molar-refractivity contribution in [3.05, 3.63) is 35.4 Å². The van der Waals surface area contributed by atoms with Gasteiger partial charge in [-0.25, -0.2) is 0 Å². The van der Waals surface area contributed by atoms with E-state index >= 15 is 0 Å². The lowest BCUT2D eigenvalue weighted by Gasteiger charge is -2.16. The van der Waals surface area contributed by atoms with Gasteiger partial charge in [-0.15, -0.1) is 0 Å². The van der Waals surface area contributed by atoms with Crippen molar-refractivity contribution in [2.24, 2.45) is 5.92 Å². The average molecular weight is 213 g/mol. The van der Waals surface area contributed by atoms with Crippen LogP contribution >= 0.6 is 0 Å². The van der Waals surface area contributed by atoms with Crippen LogP contribution in [0.15, 0.2) is 24.3 Å². The second-order valence-corrected chi connectivity index (χ2v) is 4.92. The summed E-state index contributed by atoms with van der Waals surface area (Å²) in [7, 11) is 0. The van der Waals surface area contributed by atoms with Crippen molar-refractivity contribution < 1.29 is 0 Å². The van der Waals surface area contributed by atoms with Gasteiger partial charge in [-0.05, 0) is 30.4 Å². The summed E-state index contributed by atoms with van der Waals surface area (Å²) in [4.78, 5) is 0. The molecule has 0 N–H and O–H groups in total. The Morgan fingerprint density at radius 1 is 1.31 bits per heavy atom. The first-order valence-electron chi connectivity index (χ1n) is 6.26. The molecule has 1 heteroatoms. The molecule has 0 unspecified atom stereocenters. The highest BCUT2D eigenvalue weighted by molar-refractivity contribution is 5.32. The molecule has 16 heavy (non-hydrogen) atoms. The predicted molar refractivity (Wildman–Crippen MR) is 66.1 cm³/mol. The van der Waals surface area contributed by atoms with Crippen LogP contribution in [-0.2, 0) is 0 Å². The molecule has 0 saturated heterocycles. The Balaban J connectivity index is 2.10. The van der Waals surface area contributed by atoms with Crippen LogP contribution in [0.4, 0.5) is 0 Å². The summed E-state index contributed by atoms with van der Waals surface area (Å²) in [5.41, 5.74) is 2.49. The fraction of sp³-hybridized carbons (Fsp3) is 0.533. The summed E-state index contributed by atoms with van der Waals surface area (Å²) >= 11 is 0. The Kier molecular flexibility index (Phi) is 3.62. The summed E-state index contributed by atoms with van der Waals surface area (Å²) in [6, 6.07) is 10.8. The zero-order valence-corrected chi connectivity index (χ0v) is 9.95. The van der Waals surface area contributed by atoms with E-state index in [4.69, 9.17) is 0 Å². The van der Waals surface area contributed by atoms with Crippen LogP contribution in [0, 0.1) is 24.2 Å². The van der Waals surface area contributed by atoms with Crippen molar-refractivity contribution in [2.45, 2.75) is 44.9 Å². The Hall–Kier alpha value is -1.29. The van der Waals surface area contributed by atoms with Crippen molar-refractivity contribution in [1.82, 2.24) is 0 Å². The zero-order chi connectivity index (χ0) is 11.4. The van der Waals surface area contributed by atoms with E-state index in [1.54, 1.807) is 0 Å². The molecule has 0 spiro atoms. The highest BCUT2D eigenvalue weighted by Crippen LogP contribution is 2.34. The number of hydrogen-bond acceptors (Lipinski definition) is 1. The largest absolute Gasteiger partial charge is 0.198 e. The van der Waals surface area contributed by atoms with Crippen molar-refractivity contribution in [2.75, 3.05) is 0 Å². The second-order valence-electron chi connectivity index (χ2n) is 4.92. The molecule has 2 rings (SSSR count). The van der Waals surface area contributed by atoms with E-state index in [0.29, 0.717) is 0 Å². The van der Waals surface area contributed by atoms with Crippen molar-refractivity contribution in [3.63, 3.8) is 0 Å². The van der Waals surface area contributed by atoms with Gasteiger partial charge in [0.1, 0.15) is 0 Å². The average Bonchev–Trinajstić information content (AvgIpc) is 2.80. The third-order valence-electron chi connectivity index (χ3n) is 3.76. The maximum atomic E-state index is 9.31. The van der Waals surface area contributed by atoms with E-state index in [1.807, 2.05) is 12.1 Å². The third-order valence-corrected chi connectivity index (χ3v) is 3.76. The van der Waals surface area contributed by atoms with Crippen LogP contribution in [0.3, 0.4) is 0 Å². The molecule has 1 aliphatic rings. The van der Waals surface area contributed by atoms with Crippen LogP contribution in [0.25, 0.3) is 0 Å². The normalized spacial score (nSPS) is 18.2. The molecule has 1 aliphatic carbocycles. The molecule has 1 saturated carbocycles. The zero-order valence-electron chi connectivity index (χ0n) is 9.95. The fourth-order valence-electron chi connectivity index (χ4n) is 2.81. The first-order valence-corrected chi connectivity index (χ1v) is 6.26. The predicted octanol–water partition coefficient (Wildman–Crippen LogP) is 4.18. The maximum absolute atomic E-state index is 9.31. The van der Waals surface area contributed by atoms with Crippen LogP contribution in [0.1, 0.15) is 49.1 Å². The quantitative estimate of drug-likeness (QED) is 0.738. The monoisotopic (exact) mass is 213 g/mol. The standard InChI is InChI=1S/C15H19N/c1-12-6-2-5-9-15(12)14(11-16)10-13-7-3-4-8-13/h2,5-6,9,13-14H,3-4,7-8,10H2,1H3/t14-/m0/s1. The molecule has 1 nitrogen and oxygen atoms in total. The number of hydrogen-bond donors (Lipinski definition) is 0. The molecule has 1 fully saturated rings. The number of aryl methyl sites for hydroxylation is 1. The lowest BCUT2D eigenvalue weighted by molar-refractivity contribution is 0.481. The van der Waals surface area contributed by atoms with Gasteiger partial charge in [0.05, 0.1) is 12.0 Å². The van der Waals surface area contributed by atoms with E-state index in [0.717, 1.165) is 12.3 Å². The molecule has 0 aliphatic heterocycles. The van der Waals surface area contributed by atoms with Crippen LogP contribution in [0.5, 0.6) is 0 Å². The van der Waals surface area contributed by atoms with Crippen molar-refractivity contribution in [3.8, 4) is 6.07 Å². The smallest absolute Gasteiger partial charge is 0.0717 e. The van der Waals surface area contributed by atoms with E-state index in [-0.39, 0.29) is 5.92 Å². The minimum absolute atomic E-state index is 0.101. The van der Waals surface area contributed by atoms with E-state index < -0.39 is 0 Å². The van der Waals surface area contributed by atoms with Gasteiger partial charge in [-0.2, -0.15) is 5.26 Å². The Labute approximate surface area is 98.1 Å². The van der Waals surface area contributed by atoms with Gasteiger partial charge in [-0.3, -0.25) is 0 Å². The summed E-state index contributed by atoms with van der Waals surface area (Å²) in [6.07, 6.45) is 6.42. The van der Waals surface area contributed by atoms with E-state index in [9.17, 15) is 5.26 Å². The number of benzene rings is 1. The molecular weight excluding hydrogens is 194 g/mol. The van der Waals surface area contributed by atoms with Gasteiger partial charge in [0.2, 0.25) is 0 Å². The van der Waals surface area contributed by atoms with Gasteiger partial charge in [0.15, 0.2) is 0 Å². The summed E-state index contributed by atoms with van der Waals surface area (Å²) in [6.45, 7) is 2.11. The van der Waals surface area contributed by atoms with Gasteiger partial charge < -0.3 is 0 Å². The number of nitriles is 1. The second kappa shape index (κ2) is 5.16. The lowest BCUT2D eigenvalue weighted by Crippen LogP contribution is -2.04. The molecule has 1 aromatic carbocycles. The Bertz CT molecular complexity index is 383. The van der Waals surface area contributed by atoms with Crippen molar-refractivity contribution >= 4 is 0 Å². The van der Waals surface area contributed by atoms with Crippen molar-refractivity contribution in [1.29, 1.82) is 5.26 Å². The molecule has 0 radical (unpaired) electrons. The number of rotatable bonds is 3. The molecule has 1 aromatic rings.